The molecule has 8 heteroatoms. The maximum Gasteiger partial charge on any atom is 0.323 e. The van der Waals surface area contributed by atoms with Crippen molar-refractivity contribution < 1.29 is 9.90 Å². The number of hydrogen-bond donors (Lipinski definition) is 3. The zero-order valence-corrected chi connectivity index (χ0v) is 13.0. The lowest BCUT2D eigenvalue weighted by Gasteiger charge is -2.08. The lowest BCUT2D eigenvalue weighted by molar-refractivity contribution is 0.262. The number of amides is 2. The van der Waals surface area contributed by atoms with Crippen molar-refractivity contribution in [3.8, 4) is 0 Å². The number of aromatic nitrogens is 4. The Morgan fingerprint density at radius 2 is 2.00 bits per heavy atom. The van der Waals surface area contributed by atoms with Gasteiger partial charge >= 0.3 is 6.03 Å². The van der Waals surface area contributed by atoms with E-state index in [-0.39, 0.29) is 12.6 Å². The molecule has 0 unspecified atom stereocenters. The molecular weight excluding hydrogens is 308 g/mol. The Morgan fingerprint density at radius 1 is 1.12 bits per heavy atom. The maximum atomic E-state index is 12.1. The number of anilines is 2. The van der Waals surface area contributed by atoms with Gasteiger partial charge in [0.1, 0.15) is 0 Å². The first-order chi connectivity index (χ1) is 11.7. The molecule has 2 amide bonds. The lowest BCUT2D eigenvalue weighted by Crippen LogP contribution is -2.19. The monoisotopic (exact) mass is 326 g/mol. The average molecular weight is 326 g/mol. The number of nitrogens with zero attached hydrogens (tertiary/aromatic N) is 4. The standard InChI is InChI=1S/C16H18N6O2/c23-8-7-22-12-15(10-18-22)20-16(24)19-14-4-1-3-13(9-14)11-21-6-2-5-17-21/h1-6,9-10,12,23H,7-8,11H2,(H2,19,20,24). The van der Waals surface area contributed by atoms with Crippen molar-refractivity contribution >= 4 is 17.4 Å². The summed E-state index contributed by atoms with van der Waals surface area (Å²) >= 11 is 0. The van der Waals surface area contributed by atoms with Gasteiger partial charge in [-0.25, -0.2) is 4.79 Å². The van der Waals surface area contributed by atoms with E-state index in [1.54, 1.807) is 17.1 Å². The second-order valence-electron chi connectivity index (χ2n) is 5.20. The summed E-state index contributed by atoms with van der Waals surface area (Å²) in [5, 5.41) is 22.5. The molecule has 3 N–H and O–H groups in total. The fraction of sp³-hybridized carbons (Fsp3) is 0.188. The molecule has 3 aromatic rings. The van der Waals surface area contributed by atoms with Crippen molar-refractivity contribution in [3.05, 3.63) is 60.7 Å². The van der Waals surface area contributed by atoms with Crippen molar-refractivity contribution in [2.45, 2.75) is 13.1 Å². The van der Waals surface area contributed by atoms with Gasteiger partial charge in [0.2, 0.25) is 0 Å². The predicted octanol–water partition coefficient (Wildman–Crippen LogP) is 1.76. The first kappa shape index (κ1) is 15.8. The largest absolute Gasteiger partial charge is 0.394 e. The minimum absolute atomic E-state index is 0.00361. The highest BCUT2D eigenvalue weighted by Crippen LogP contribution is 2.13. The van der Waals surface area contributed by atoms with Gasteiger partial charge in [-0.15, -0.1) is 0 Å². The van der Waals surface area contributed by atoms with Crippen LogP contribution in [0.3, 0.4) is 0 Å². The molecule has 0 aliphatic rings. The molecule has 2 heterocycles. The van der Waals surface area contributed by atoms with E-state index in [4.69, 9.17) is 5.11 Å². The summed E-state index contributed by atoms with van der Waals surface area (Å²) in [6.07, 6.45) is 6.80. The molecule has 124 valence electrons. The van der Waals surface area contributed by atoms with Gasteiger partial charge in [0.05, 0.1) is 31.6 Å². The van der Waals surface area contributed by atoms with E-state index in [2.05, 4.69) is 20.8 Å². The SMILES string of the molecule is O=C(Nc1cccc(Cn2cccn2)c1)Nc1cnn(CCO)c1. The summed E-state index contributed by atoms with van der Waals surface area (Å²) in [6.45, 7) is 1.02. The van der Waals surface area contributed by atoms with Gasteiger partial charge in [0, 0.05) is 24.3 Å². The Kier molecular flexibility index (Phi) is 4.87. The third-order valence-electron chi connectivity index (χ3n) is 3.31. The lowest BCUT2D eigenvalue weighted by atomic mass is 10.2. The predicted molar refractivity (Wildman–Crippen MR) is 89.7 cm³/mol. The normalized spacial score (nSPS) is 10.5. The van der Waals surface area contributed by atoms with Crippen LogP contribution in [0.15, 0.2) is 55.1 Å². The molecule has 2 aromatic heterocycles. The molecule has 0 fully saturated rings. The highest BCUT2D eigenvalue weighted by molar-refractivity contribution is 5.99. The van der Waals surface area contributed by atoms with E-state index in [1.807, 2.05) is 41.2 Å². The van der Waals surface area contributed by atoms with Gasteiger partial charge in [0.15, 0.2) is 0 Å². The molecule has 24 heavy (non-hydrogen) atoms. The van der Waals surface area contributed by atoms with E-state index in [9.17, 15) is 4.79 Å². The third kappa shape index (κ3) is 4.20. The fourth-order valence-electron chi connectivity index (χ4n) is 2.27. The molecule has 0 spiro atoms. The first-order valence-corrected chi connectivity index (χ1v) is 7.50. The van der Waals surface area contributed by atoms with Crippen LogP contribution in [0.1, 0.15) is 5.56 Å². The molecule has 0 radical (unpaired) electrons. The Bertz CT molecular complexity index is 797. The van der Waals surface area contributed by atoms with Gasteiger partial charge in [-0.1, -0.05) is 12.1 Å². The molecule has 3 rings (SSSR count). The molecule has 0 saturated heterocycles. The number of benzene rings is 1. The van der Waals surface area contributed by atoms with Gasteiger partial charge < -0.3 is 15.7 Å². The van der Waals surface area contributed by atoms with Crippen LogP contribution in [0.4, 0.5) is 16.2 Å². The number of urea groups is 1. The highest BCUT2D eigenvalue weighted by atomic mass is 16.3. The molecule has 0 bridgehead atoms. The van der Waals surface area contributed by atoms with Crippen LogP contribution < -0.4 is 10.6 Å². The number of aliphatic hydroxyl groups excluding tert-OH is 1. The van der Waals surface area contributed by atoms with E-state index >= 15 is 0 Å². The zero-order chi connectivity index (χ0) is 16.8. The number of carbonyl (C=O) groups is 1. The van der Waals surface area contributed by atoms with Crippen LogP contribution in [0.25, 0.3) is 0 Å². The Morgan fingerprint density at radius 3 is 2.79 bits per heavy atom. The van der Waals surface area contributed by atoms with Crippen LogP contribution in [0, 0.1) is 0 Å². The minimum atomic E-state index is -0.352. The topological polar surface area (TPSA) is 97.0 Å². The minimum Gasteiger partial charge on any atom is -0.394 e. The highest BCUT2D eigenvalue weighted by Gasteiger charge is 2.05. The number of nitrogens with one attached hydrogen (secondary N) is 2. The molecular formula is C16H18N6O2. The zero-order valence-electron chi connectivity index (χ0n) is 13.0. The molecule has 0 aliphatic carbocycles. The van der Waals surface area contributed by atoms with Crippen LogP contribution in [0.2, 0.25) is 0 Å². The van der Waals surface area contributed by atoms with Crippen molar-refractivity contribution in [2.75, 3.05) is 17.2 Å². The van der Waals surface area contributed by atoms with Crippen LogP contribution in [-0.2, 0) is 13.1 Å². The van der Waals surface area contributed by atoms with Crippen LogP contribution >= 0.6 is 0 Å². The van der Waals surface area contributed by atoms with E-state index < -0.39 is 0 Å². The first-order valence-electron chi connectivity index (χ1n) is 7.50. The molecule has 0 saturated carbocycles. The molecule has 8 nitrogen and oxygen atoms in total. The summed E-state index contributed by atoms with van der Waals surface area (Å²) in [4.78, 5) is 12.1. The summed E-state index contributed by atoms with van der Waals surface area (Å²) in [5.41, 5.74) is 2.29. The van der Waals surface area contributed by atoms with Gasteiger partial charge in [-0.05, 0) is 23.8 Å². The summed E-state index contributed by atoms with van der Waals surface area (Å²) < 4.78 is 3.37. The molecule has 0 atom stereocenters. The van der Waals surface area contributed by atoms with Crippen LogP contribution in [0.5, 0.6) is 0 Å². The maximum absolute atomic E-state index is 12.1. The van der Waals surface area contributed by atoms with E-state index in [0.29, 0.717) is 24.5 Å². The van der Waals surface area contributed by atoms with Crippen molar-refractivity contribution in [1.29, 1.82) is 0 Å². The number of carbonyl (C=O) groups excluding carboxylic acids is 1. The summed E-state index contributed by atoms with van der Waals surface area (Å²) in [6, 6.07) is 9.09. The van der Waals surface area contributed by atoms with Crippen molar-refractivity contribution in [1.82, 2.24) is 19.6 Å². The Balaban J connectivity index is 1.59. The van der Waals surface area contributed by atoms with Crippen molar-refractivity contribution in [3.63, 3.8) is 0 Å². The second kappa shape index (κ2) is 7.42. The van der Waals surface area contributed by atoms with Crippen LogP contribution in [-0.4, -0.2) is 37.3 Å². The number of aliphatic hydroxyl groups is 1. The average Bonchev–Trinajstić information content (AvgIpc) is 3.20. The van der Waals surface area contributed by atoms with Gasteiger partial charge in [-0.3, -0.25) is 9.36 Å². The molecule has 1 aromatic carbocycles. The van der Waals surface area contributed by atoms with E-state index in [0.717, 1.165) is 5.56 Å². The van der Waals surface area contributed by atoms with Crippen molar-refractivity contribution in [2.24, 2.45) is 0 Å². The smallest absolute Gasteiger partial charge is 0.323 e. The number of rotatable bonds is 6. The van der Waals surface area contributed by atoms with Gasteiger partial charge in [0.25, 0.3) is 0 Å². The second-order valence-corrected chi connectivity index (χ2v) is 5.20. The fourth-order valence-corrected chi connectivity index (χ4v) is 2.27. The third-order valence-corrected chi connectivity index (χ3v) is 3.31. The molecule has 0 aliphatic heterocycles. The van der Waals surface area contributed by atoms with Gasteiger partial charge in [-0.2, -0.15) is 10.2 Å². The Hall–Kier alpha value is -3.13. The van der Waals surface area contributed by atoms with E-state index in [1.165, 1.54) is 6.20 Å². The quantitative estimate of drug-likeness (QED) is 0.643. The summed E-state index contributed by atoms with van der Waals surface area (Å²) in [5.74, 6) is 0. The number of hydrogen-bond acceptors (Lipinski definition) is 4. The summed E-state index contributed by atoms with van der Waals surface area (Å²) in [7, 11) is 0. The Labute approximate surface area is 138 Å².